The summed E-state index contributed by atoms with van der Waals surface area (Å²) in [5, 5.41) is 3.25. The molecule has 140 valence electrons. The molecule has 2 amide bonds. The number of carbonyl (C=O) groups excluding carboxylic acids is 2. The Bertz CT molecular complexity index is 867. The third-order valence-corrected chi connectivity index (χ3v) is 4.10. The molecule has 7 heteroatoms. The van der Waals surface area contributed by atoms with Gasteiger partial charge in [0.2, 0.25) is 11.8 Å². The normalized spacial score (nSPS) is 12.7. The van der Waals surface area contributed by atoms with Crippen LogP contribution in [0.3, 0.4) is 0 Å². The first-order chi connectivity index (χ1) is 12.1. The third-order valence-electron chi connectivity index (χ3n) is 4.10. The van der Waals surface area contributed by atoms with Gasteiger partial charge >= 0.3 is 0 Å². The summed E-state index contributed by atoms with van der Waals surface area (Å²) >= 11 is 0. The molecule has 0 aliphatic heterocycles. The molecule has 0 fully saturated rings. The zero-order chi connectivity index (χ0) is 19.5. The van der Waals surface area contributed by atoms with Crippen LogP contribution in [0.25, 0.3) is 10.9 Å². The molecule has 26 heavy (non-hydrogen) atoms. The van der Waals surface area contributed by atoms with Crippen molar-refractivity contribution in [1.29, 1.82) is 0 Å². The van der Waals surface area contributed by atoms with Gasteiger partial charge in [0, 0.05) is 12.0 Å². The van der Waals surface area contributed by atoms with Gasteiger partial charge in [-0.15, -0.1) is 0 Å². The van der Waals surface area contributed by atoms with Gasteiger partial charge in [-0.05, 0) is 26.0 Å². The smallest absolute Gasteiger partial charge is 0.258 e. The van der Waals surface area contributed by atoms with Crippen molar-refractivity contribution in [2.24, 2.45) is 5.41 Å². The van der Waals surface area contributed by atoms with Crippen molar-refractivity contribution in [3.8, 4) is 0 Å². The maximum atomic E-state index is 12.7. The number of fused-ring (bicyclic) bond motifs is 1. The number of carbonyl (C=O) groups is 2. The van der Waals surface area contributed by atoms with Crippen molar-refractivity contribution < 1.29 is 9.59 Å². The van der Waals surface area contributed by atoms with Gasteiger partial charge < -0.3 is 15.2 Å². The largest absolute Gasteiger partial charge is 0.344 e. The summed E-state index contributed by atoms with van der Waals surface area (Å²) in [4.78, 5) is 45.7. The maximum Gasteiger partial charge on any atom is 0.258 e. The fourth-order valence-electron chi connectivity index (χ4n) is 2.48. The van der Waals surface area contributed by atoms with E-state index in [4.69, 9.17) is 0 Å². The Balaban J connectivity index is 2.17. The number of aromatic nitrogens is 2. The molecule has 1 aromatic heterocycles. The van der Waals surface area contributed by atoms with E-state index in [0.29, 0.717) is 23.3 Å². The SMILES string of the molecule is CCN(Cc1nc2ccccc2c(=O)[nH]1)C(=O)C(C)NC(=O)C(C)(C)C. The van der Waals surface area contributed by atoms with E-state index in [1.807, 2.05) is 13.0 Å². The lowest BCUT2D eigenvalue weighted by Gasteiger charge is -2.26. The Labute approximate surface area is 152 Å². The molecule has 0 aliphatic carbocycles. The van der Waals surface area contributed by atoms with Gasteiger partial charge in [-0.25, -0.2) is 4.98 Å². The summed E-state index contributed by atoms with van der Waals surface area (Å²) in [5.74, 6) is 0.00537. The van der Waals surface area contributed by atoms with E-state index in [2.05, 4.69) is 15.3 Å². The summed E-state index contributed by atoms with van der Waals surface area (Å²) in [7, 11) is 0. The second-order valence-electron chi connectivity index (χ2n) is 7.33. The quantitative estimate of drug-likeness (QED) is 0.852. The molecule has 2 aromatic rings. The van der Waals surface area contributed by atoms with Crippen LogP contribution in [0.4, 0.5) is 0 Å². The summed E-state index contributed by atoms with van der Waals surface area (Å²) in [6, 6.07) is 6.40. The van der Waals surface area contributed by atoms with Gasteiger partial charge in [0.1, 0.15) is 11.9 Å². The Morgan fingerprint density at radius 1 is 1.27 bits per heavy atom. The van der Waals surface area contributed by atoms with E-state index in [9.17, 15) is 14.4 Å². The van der Waals surface area contributed by atoms with Crippen LogP contribution in [0.15, 0.2) is 29.1 Å². The van der Waals surface area contributed by atoms with Crippen LogP contribution in [-0.4, -0.2) is 39.3 Å². The lowest BCUT2D eigenvalue weighted by atomic mass is 9.95. The maximum absolute atomic E-state index is 12.7. The molecular formula is C19H26N4O3. The highest BCUT2D eigenvalue weighted by Gasteiger charge is 2.27. The highest BCUT2D eigenvalue weighted by molar-refractivity contribution is 5.89. The number of nitrogens with one attached hydrogen (secondary N) is 2. The first-order valence-corrected chi connectivity index (χ1v) is 8.71. The van der Waals surface area contributed by atoms with Gasteiger partial charge in [0.05, 0.1) is 17.4 Å². The van der Waals surface area contributed by atoms with Crippen LogP contribution in [0.1, 0.15) is 40.4 Å². The number of nitrogens with zero attached hydrogens (tertiary/aromatic N) is 2. The van der Waals surface area contributed by atoms with Gasteiger partial charge in [-0.1, -0.05) is 32.9 Å². The molecule has 0 aliphatic rings. The van der Waals surface area contributed by atoms with Crippen LogP contribution < -0.4 is 10.9 Å². The Hall–Kier alpha value is -2.70. The predicted octanol–water partition coefficient (Wildman–Crippen LogP) is 1.82. The number of benzene rings is 1. The number of aromatic amines is 1. The minimum atomic E-state index is -0.658. The fraction of sp³-hybridized carbons (Fsp3) is 0.474. The lowest BCUT2D eigenvalue weighted by Crippen LogP contribution is -2.49. The Kier molecular flexibility index (Phi) is 5.79. The minimum Gasteiger partial charge on any atom is -0.344 e. The first kappa shape index (κ1) is 19.6. The van der Waals surface area contributed by atoms with Crippen molar-refractivity contribution in [2.75, 3.05) is 6.54 Å². The van der Waals surface area contributed by atoms with E-state index in [1.165, 1.54) is 0 Å². The summed E-state index contributed by atoms with van der Waals surface area (Å²) < 4.78 is 0. The molecule has 2 rings (SSSR count). The highest BCUT2D eigenvalue weighted by atomic mass is 16.2. The van der Waals surface area contributed by atoms with Gasteiger partial charge in [-0.2, -0.15) is 0 Å². The second kappa shape index (κ2) is 7.68. The number of H-pyrrole nitrogens is 1. The molecule has 1 unspecified atom stereocenters. The van der Waals surface area contributed by atoms with Crippen molar-refractivity contribution in [2.45, 2.75) is 47.2 Å². The van der Waals surface area contributed by atoms with Crippen LogP contribution in [0.5, 0.6) is 0 Å². The monoisotopic (exact) mass is 358 g/mol. The van der Waals surface area contributed by atoms with Crippen LogP contribution in [-0.2, 0) is 16.1 Å². The van der Waals surface area contributed by atoms with Crippen molar-refractivity contribution in [3.63, 3.8) is 0 Å². The fourth-order valence-corrected chi connectivity index (χ4v) is 2.48. The van der Waals surface area contributed by atoms with Gasteiger partial charge in [-0.3, -0.25) is 14.4 Å². The van der Waals surface area contributed by atoms with E-state index in [1.54, 1.807) is 50.8 Å². The van der Waals surface area contributed by atoms with E-state index < -0.39 is 11.5 Å². The standard InChI is InChI=1S/C19H26N4O3/c1-6-23(17(25)12(2)20-18(26)19(3,4)5)11-15-21-14-10-8-7-9-13(14)16(24)22-15/h7-10,12H,6,11H2,1-5H3,(H,20,26)(H,21,22,24). The van der Waals surface area contributed by atoms with Gasteiger partial charge in [0.15, 0.2) is 0 Å². The Morgan fingerprint density at radius 3 is 2.54 bits per heavy atom. The van der Waals surface area contributed by atoms with Crippen LogP contribution in [0.2, 0.25) is 0 Å². The molecular weight excluding hydrogens is 332 g/mol. The minimum absolute atomic E-state index is 0.172. The van der Waals surface area contributed by atoms with Gasteiger partial charge in [0.25, 0.3) is 5.56 Å². The molecule has 1 heterocycles. The third kappa shape index (κ3) is 4.47. The van der Waals surface area contributed by atoms with E-state index >= 15 is 0 Å². The molecule has 0 bridgehead atoms. The number of amides is 2. The number of likely N-dealkylation sites (N-methyl/N-ethyl adjacent to an activating group) is 1. The van der Waals surface area contributed by atoms with Crippen molar-refractivity contribution in [3.05, 3.63) is 40.4 Å². The predicted molar refractivity (Wildman–Crippen MR) is 101 cm³/mol. The number of rotatable bonds is 5. The van der Waals surface area contributed by atoms with Crippen LogP contribution in [0, 0.1) is 5.41 Å². The Morgan fingerprint density at radius 2 is 1.92 bits per heavy atom. The second-order valence-corrected chi connectivity index (χ2v) is 7.33. The van der Waals surface area contributed by atoms with Crippen molar-refractivity contribution in [1.82, 2.24) is 20.2 Å². The zero-order valence-corrected chi connectivity index (χ0v) is 15.9. The molecule has 2 N–H and O–H groups in total. The molecule has 0 saturated heterocycles. The summed E-state index contributed by atoms with van der Waals surface area (Å²) in [5.41, 5.74) is -0.219. The zero-order valence-electron chi connectivity index (χ0n) is 15.9. The molecule has 0 radical (unpaired) electrons. The summed E-state index contributed by atoms with van der Waals surface area (Å²) in [6.45, 7) is 9.49. The average Bonchev–Trinajstić information content (AvgIpc) is 2.58. The molecule has 0 spiro atoms. The average molecular weight is 358 g/mol. The summed E-state index contributed by atoms with van der Waals surface area (Å²) in [6.07, 6.45) is 0. The highest BCUT2D eigenvalue weighted by Crippen LogP contribution is 2.13. The van der Waals surface area contributed by atoms with Crippen molar-refractivity contribution >= 4 is 22.7 Å². The van der Waals surface area contributed by atoms with E-state index in [-0.39, 0.29) is 23.9 Å². The van der Waals surface area contributed by atoms with Crippen LogP contribution >= 0.6 is 0 Å². The van der Waals surface area contributed by atoms with E-state index in [0.717, 1.165) is 0 Å². The number of para-hydroxylation sites is 1. The molecule has 0 saturated carbocycles. The number of hydrogen-bond donors (Lipinski definition) is 2. The molecule has 1 atom stereocenters. The molecule has 1 aromatic carbocycles. The molecule has 7 nitrogen and oxygen atoms in total. The first-order valence-electron chi connectivity index (χ1n) is 8.71. The lowest BCUT2D eigenvalue weighted by molar-refractivity contribution is -0.138. The topological polar surface area (TPSA) is 95.2 Å². The number of hydrogen-bond acceptors (Lipinski definition) is 4.